The molecule has 1 atom stereocenters. The zero-order chi connectivity index (χ0) is 13.4. The van der Waals surface area contributed by atoms with Crippen LogP contribution in [0.3, 0.4) is 0 Å². The van der Waals surface area contributed by atoms with Crippen molar-refractivity contribution < 1.29 is 0 Å². The number of hydrogen-bond acceptors (Lipinski definition) is 2. The van der Waals surface area contributed by atoms with Gasteiger partial charge in [0.05, 0.1) is 0 Å². The Bertz CT molecular complexity index is 436. The Balaban J connectivity index is 1.85. The summed E-state index contributed by atoms with van der Waals surface area (Å²) in [6, 6.07) is 6.67. The SMILES string of the molecule is CC(N)c1cc(Br)ccc1N(CC1CC1)CC1CC1. The molecule has 2 aliphatic carbocycles. The Morgan fingerprint density at radius 3 is 2.26 bits per heavy atom. The molecule has 3 heteroatoms. The second-order valence-corrected chi connectivity index (χ2v) is 7.20. The summed E-state index contributed by atoms with van der Waals surface area (Å²) in [5.41, 5.74) is 8.80. The maximum absolute atomic E-state index is 6.17. The molecule has 2 nitrogen and oxygen atoms in total. The second kappa shape index (κ2) is 5.45. The van der Waals surface area contributed by atoms with Crippen LogP contribution < -0.4 is 10.6 Å². The zero-order valence-electron chi connectivity index (χ0n) is 11.6. The molecule has 0 aliphatic heterocycles. The van der Waals surface area contributed by atoms with Crippen LogP contribution in [-0.4, -0.2) is 13.1 Å². The van der Waals surface area contributed by atoms with Crippen LogP contribution in [0.5, 0.6) is 0 Å². The van der Waals surface area contributed by atoms with Crippen molar-refractivity contribution in [2.45, 2.75) is 38.6 Å². The number of rotatable bonds is 6. The van der Waals surface area contributed by atoms with Gasteiger partial charge in [0.25, 0.3) is 0 Å². The molecule has 0 heterocycles. The number of anilines is 1. The Kier molecular flexibility index (Phi) is 3.86. The van der Waals surface area contributed by atoms with Gasteiger partial charge < -0.3 is 10.6 Å². The summed E-state index contributed by atoms with van der Waals surface area (Å²) >= 11 is 3.57. The first-order valence-electron chi connectivity index (χ1n) is 7.43. The van der Waals surface area contributed by atoms with Crippen molar-refractivity contribution in [1.29, 1.82) is 0 Å². The number of hydrogen-bond donors (Lipinski definition) is 1. The minimum atomic E-state index is 0.0911. The Hall–Kier alpha value is -0.540. The average molecular weight is 323 g/mol. The minimum absolute atomic E-state index is 0.0911. The fourth-order valence-electron chi connectivity index (χ4n) is 2.67. The van der Waals surface area contributed by atoms with Crippen LogP contribution in [0.4, 0.5) is 5.69 Å². The molecule has 0 radical (unpaired) electrons. The van der Waals surface area contributed by atoms with E-state index in [-0.39, 0.29) is 6.04 Å². The van der Waals surface area contributed by atoms with E-state index in [1.54, 1.807) is 0 Å². The normalized spacial score (nSPS) is 20.4. The van der Waals surface area contributed by atoms with Crippen LogP contribution in [0, 0.1) is 11.8 Å². The van der Waals surface area contributed by atoms with Crippen LogP contribution in [0.15, 0.2) is 22.7 Å². The summed E-state index contributed by atoms with van der Waals surface area (Å²) in [5.74, 6) is 1.84. The zero-order valence-corrected chi connectivity index (χ0v) is 13.2. The van der Waals surface area contributed by atoms with Gasteiger partial charge in [-0.1, -0.05) is 15.9 Å². The molecule has 0 saturated heterocycles. The topological polar surface area (TPSA) is 29.3 Å². The molecule has 0 aromatic heterocycles. The lowest BCUT2D eigenvalue weighted by molar-refractivity contribution is 0.671. The van der Waals surface area contributed by atoms with Gasteiger partial charge in [0, 0.05) is 29.3 Å². The van der Waals surface area contributed by atoms with Gasteiger partial charge in [-0.2, -0.15) is 0 Å². The van der Waals surface area contributed by atoms with E-state index in [9.17, 15) is 0 Å². The van der Waals surface area contributed by atoms with Crippen LogP contribution >= 0.6 is 15.9 Å². The molecule has 1 unspecified atom stereocenters. The lowest BCUT2D eigenvalue weighted by atomic mass is 10.1. The highest BCUT2D eigenvalue weighted by Crippen LogP contribution is 2.38. The molecule has 3 rings (SSSR count). The van der Waals surface area contributed by atoms with E-state index in [0.29, 0.717) is 0 Å². The highest BCUT2D eigenvalue weighted by Gasteiger charge is 2.30. The van der Waals surface area contributed by atoms with Crippen molar-refractivity contribution in [3.63, 3.8) is 0 Å². The van der Waals surface area contributed by atoms with E-state index in [1.807, 2.05) is 0 Å². The second-order valence-electron chi connectivity index (χ2n) is 6.28. The molecule has 104 valence electrons. The Morgan fingerprint density at radius 2 is 1.79 bits per heavy atom. The highest BCUT2D eigenvalue weighted by atomic mass is 79.9. The van der Waals surface area contributed by atoms with E-state index in [1.165, 1.54) is 50.0 Å². The van der Waals surface area contributed by atoms with Gasteiger partial charge in [0.1, 0.15) is 0 Å². The molecular formula is C16H23BrN2. The fourth-order valence-corrected chi connectivity index (χ4v) is 3.05. The smallest absolute Gasteiger partial charge is 0.0415 e. The van der Waals surface area contributed by atoms with Crippen molar-refractivity contribution in [3.8, 4) is 0 Å². The largest absolute Gasteiger partial charge is 0.371 e. The van der Waals surface area contributed by atoms with Gasteiger partial charge in [-0.3, -0.25) is 0 Å². The van der Waals surface area contributed by atoms with Crippen molar-refractivity contribution in [1.82, 2.24) is 0 Å². The average Bonchev–Trinajstić information content (AvgIpc) is 3.23. The van der Waals surface area contributed by atoms with E-state index < -0.39 is 0 Å². The number of nitrogens with two attached hydrogens (primary N) is 1. The summed E-state index contributed by atoms with van der Waals surface area (Å²) in [4.78, 5) is 2.60. The van der Waals surface area contributed by atoms with Gasteiger partial charge in [-0.25, -0.2) is 0 Å². The molecule has 0 spiro atoms. The highest BCUT2D eigenvalue weighted by molar-refractivity contribution is 9.10. The minimum Gasteiger partial charge on any atom is -0.371 e. The molecule has 1 aromatic rings. The third kappa shape index (κ3) is 3.51. The lowest BCUT2D eigenvalue weighted by Crippen LogP contribution is -2.29. The van der Waals surface area contributed by atoms with Gasteiger partial charge in [-0.15, -0.1) is 0 Å². The van der Waals surface area contributed by atoms with Gasteiger partial charge in [-0.05, 0) is 68.2 Å². The number of halogens is 1. The Morgan fingerprint density at radius 1 is 1.21 bits per heavy atom. The third-order valence-corrected chi connectivity index (χ3v) is 4.67. The summed E-state index contributed by atoms with van der Waals surface area (Å²) in [7, 11) is 0. The van der Waals surface area contributed by atoms with Gasteiger partial charge in [0.15, 0.2) is 0 Å². The predicted octanol–water partition coefficient (Wildman–Crippen LogP) is 4.10. The Labute approximate surface area is 124 Å². The molecular weight excluding hydrogens is 300 g/mol. The van der Waals surface area contributed by atoms with Gasteiger partial charge >= 0.3 is 0 Å². The van der Waals surface area contributed by atoms with Crippen molar-refractivity contribution in [2.75, 3.05) is 18.0 Å². The van der Waals surface area contributed by atoms with E-state index >= 15 is 0 Å². The summed E-state index contributed by atoms with van der Waals surface area (Å²) in [6.45, 7) is 4.52. The summed E-state index contributed by atoms with van der Waals surface area (Å²) < 4.78 is 1.13. The molecule has 2 fully saturated rings. The summed E-state index contributed by atoms with van der Waals surface area (Å²) in [5, 5.41) is 0. The van der Waals surface area contributed by atoms with Crippen LogP contribution in [-0.2, 0) is 0 Å². The number of nitrogens with zero attached hydrogens (tertiary/aromatic N) is 1. The van der Waals surface area contributed by atoms with Crippen LogP contribution in [0.25, 0.3) is 0 Å². The lowest BCUT2D eigenvalue weighted by Gasteiger charge is -2.28. The van der Waals surface area contributed by atoms with Crippen molar-refractivity contribution >= 4 is 21.6 Å². The maximum Gasteiger partial charge on any atom is 0.0415 e. The molecule has 2 saturated carbocycles. The summed E-state index contributed by atoms with van der Waals surface area (Å²) in [6.07, 6.45) is 5.63. The molecule has 19 heavy (non-hydrogen) atoms. The molecule has 2 aliphatic rings. The van der Waals surface area contributed by atoms with Crippen LogP contribution in [0.1, 0.15) is 44.2 Å². The first-order chi connectivity index (χ1) is 9.13. The fraction of sp³-hybridized carbons (Fsp3) is 0.625. The maximum atomic E-state index is 6.17. The predicted molar refractivity (Wildman–Crippen MR) is 84.4 cm³/mol. The molecule has 1 aromatic carbocycles. The first-order valence-corrected chi connectivity index (χ1v) is 8.22. The third-order valence-electron chi connectivity index (χ3n) is 4.17. The number of benzene rings is 1. The molecule has 2 N–H and O–H groups in total. The van der Waals surface area contributed by atoms with Crippen molar-refractivity contribution in [2.24, 2.45) is 17.6 Å². The first kappa shape index (κ1) is 13.4. The van der Waals surface area contributed by atoms with E-state index in [4.69, 9.17) is 5.73 Å². The van der Waals surface area contributed by atoms with E-state index in [2.05, 4.69) is 46.0 Å². The van der Waals surface area contributed by atoms with E-state index in [0.717, 1.165) is 16.3 Å². The molecule has 0 amide bonds. The quantitative estimate of drug-likeness (QED) is 0.854. The standard InChI is InChI=1S/C16H23BrN2/c1-11(18)15-8-14(17)6-7-16(15)19(9-12-2-3-12)10-13-4-5-13/h6-8,11-13H,2-5,9-10,18H2,1H3. The van der Waals surface area contributed by atoms with Gasteiger partial charge in [0.2, 0.25) is 0 Å². The monoisotopic (exact) mass is 322 g/mol. The van der Waals surface area contributed by atoms with Crippen molar-refractivity contribution in [3.05, 3.63) is 28.2 Å². The van der Waals surface area contributed by atoms with Crippen LogP contribution in [0.2, 0.25) is 0 Å². The molecule has 0 bridgehead atoms.